The third kappa shape index (κ3) is 3.02. The summed E-state index contributed by atoms with van der Waals surface area (Å²) >= 11 is 3.01. The normalized spacial score (nSPS) is 11.6. The molecule has 0 aliphatic rings. The summed E-state index contributed by atoms with van der Waals surface area (Å²) in [7, 11) is -3.87. The first-order valence-corrected chi connectivity index (χ1v) is 7.88. The number of hydrogen-bond acceptors (Lipinski definition) is 4. The molecule has 2 aromatic rings. The lowest BCUT2D eigenvalue weighted by atomic mass is 10.2. The molecule has 1 aromatic carbocycles. The van der Waals surface area contributed by atoms with Crippen molar-refractivity contribution in [3.63, 3.8) is 0 Å². The lowest BCUT2D eigenvalue weighted by Gasteiger charge is -2.10. The van der Waals surface area contributed by atoms with Gasteiger partial charge in [0.25, 0.3) is 10.0 Å². The van der Waals surface area contributed by atoms with Crippen molar-refractivity contribution in [2.45, 2.75) is 18.6 Å². The maximum atomic E-state index is 13.3. The van der Waals surface area contributed by atoms with Gasteiger partial charge in [-0.2, -0.15) is 8.42 Å². The molecule has 0 unspecified atom stereocenters. The molecule has 0 saturated carbocycles. The van der Waals surface area contributed by atoms with Gasteiger partial charge in [0.05, 0.1) is 16.7 Å². The molecular formula is C12H12BrFN2O3S. The summed E-state index contributed by atoms with van der Waals surface area (Å²) in [4.78, 5) is 0. The zero-order valence-electron chi connectivity index (χ0n) is 10.5. The molecule has 3 N–H and O–H groups in total. The largest absolute Gasteiger partial charge is 0.446 e. The Morgan fingerprint density at radius 2 is 2.10 bits per heavy atom. The molecule has 0 radical (unpaired) electrons. The van der Waals surface area contributed by atoms with Gasteiger partial charge in [-0.05, 0) is 52.7 Å². The molecule has 0 atom stereocenters. The van der Waals surface area contributed by atoms with Gasteiger partial charge in [-0.15, -0.1) is 0 Å². The molecule has 0 aliphatic carbocycles. The summed E-state index contributed by atoms with van der Waals surface area (Å²) in [5, 5.41) is -0.238. The molecule has 1 heterocycles. The number of rotatable bonds is 4. The number of nitrogens with two attached hydrogens (primary N) is 1. The molecule has 1 aromatic heterocycles. The average Bonchev–Trinajstić information content (AvgIpc) is 2.85. The van der Waals surface area contributed by atoms with Crippen LogP contribution in [0.25, 0.3) is 0 Å². The quantitative estimate of drug-likeness (QED) is 0.875. The molecule has 8 heteroatoms. The molecule has 2 rings (SSSR count). The van der Waals surface area contributed by atoms with E-state index >= 15 is 0 Å². The molecule has 0 fully saturated rings. The summed E-state index contributed by atoms with van der Waals surface area (Å²) in [6, 6.07) is 5.39. The van der Waals surface area contributed by atoms with E-state index in [0.29, 0.717) is 11.3 Å². The summed E-state index contributed by atoms with van der Waals surface area (Å²) in [6.07, 6.45) is 0. The van der Waals surface area contributed by atoms with Gasteiger partial charge in [0, 0.05) is 0 Å². The minimum atomic E-state index is -3.87. The minimum absolute atomic E-state index is 0.108. The molecule has 0 aliphatic heterocycles. The Kier molecular flexibility index (Phi) is 4.17. The van der Waals surface area contributed by atoms with Crippen LogP contribution in [0, 0.1) is 12.7 Å². The van der Waals surface area contributed by atoms with Gasteiger partial charge < -0.3 is 10.2 Å². The summed E-state index contributed by atoms with van der Waals surface area (Å²) in [5.41, 5.74) is 6.09. The van der Waals surface area contributed by atoms with Crippen molar-refractivity contribution >= 4 is 31.6 Å². The number of aryl methyl sites for hydroxylation is 1. The highest BCUT2D eigenvalue weighted by Crippen LogP contribution is 2.26. The van der Waals surface area contributed by atoms with Crippen molar-refractivity contribution in [2.75, 3.05) is 4.72 Å². The van der Waals surface area contributed by atoms with Crippen LogP contribution >= 0.6 is 15.9 Å². The zero-order chi connectivity index (χ0) is 14.9. The van der Waals surface area contributed by atoms with Gasteiger partial charge in [0.15, 0.2) is 0 Å². The van der Waals surface area contributed by atoms with Crippen molar-refractivity contribution in [1.29, 1.82) is 0 Å². The molecular weight excluding hydrogens is 351 g/mol. The number of anilines is 1. The Morgan fingerprint density at radius 3 is 2.70 bits per heavy atom. The molecule has 5 nitrogen and oxygen atoms in total. The van der Waals surface area contributed by atoms with Crippen LogP contribution in [-0.4, -0.2) is 8.42 Å². The topological polar surface area (TPSA) is 85.3 Å². The predicted octanol–water partition coefficient (Wildman–Crippen LogP) is 2.75. The SMILES string of the molecule is Cc1cc(F)c(Br)cc1NS(=O)(=O)c1ccc(CN)o1. The maximum absolute atomic E-state index is 13.3. The Hall–Kier alpha value is -1.38. The molecule has 0 saturated heterocycles. The molecule has 0 bridgehead atoms. The standard InChI is InChI=1S/C12H12BrFN2O3S/c1-7-4-10(14)9(13)5-11(7)16-20(17,18)12-3-2-8(6-15)19-12/h2-5,16H,6,15H2,1H3. The van der Waals surface area contributed by atoms with E-state index in [-0.39, 0.29) is 21.8 Å². The van der Waals surface area contributed by atoms with Crippen molar-refractivity contribution in [2.24, 2.45) is 5.73 Å². The summed E-state index contributed by atoms with van der Waals surface area (Å²) < 4.78 is 45.2. The highest BCUT2D eigenvalue weighted by atomic mass is 79.9. The Labute approximate surface area is 124 Å². The van der Waals surface area contributed by atoms with Crippen LogP contribution in [0.1, 0.15) is 11.3 Å². The van der Waals surface area contributed by atoms with Gasteiger partial charge in [0.2, 0.25) is 5.09 Å². The van der Waals surface area contributed by atoms with E-state index in [1.54, 1.807) is 6.92 Å². The van der Waals surface area contributed by atoms with Crippen molar-refractivity contribution in [3.8, 4) is 0 Å². The van der Waals surface area contributed by atoms with Crippen LogP contribution in [0.4, 0.5) is 10.1 Å². The second-order valence-electron chi connectivity index (χ2n) is 4.11. The lowest BCUT2D eigenvalue weighted by Crippen LogP contribution is -2.13. The van der Waals surface area contributed by atoms with Crippen LogP contribution < -0.4 is 10.5 Å². The van der Waals surface area contributed by atoms with E-state index < -0.39 is 15.8 Å². The number of sulfonamides is 1. The van der Waals surface area contributed by atoms with Gasteiger partial charge in [-0.1, -0.05) is 0 Å². The fourth-order valence-electron chi connectivity index (χ4n) is 1.56. The van der Waals surface area contributed by atoms with E-state index in [2.05, 4.69) is 20.7 Å². The maximum Gasteiger partial charge on any atom is 0.295 e. The molecule has 0 spiro atoms. The first kappa shape index (κ1) is 15.0. The van der Waals surface area contributed by atoms with E-state index in [1.807, 2.05) is 0 Å². The highest BCUT2D eigenvalue weighted by molar-refractivity contribution is 9.10. The van der Waals surface area contributed by atoms with E-state index in [9.17, 15) is 12.8 Å². The third-order valence-electron chi connectivity index (χ3n) is 2.61. The monoisotopic (exact) mass is 362 g/mol. The summed E-state index contributed by atoms with van der Waals surface area (Å²) in [5.74, 6) is -0.101. The highest BCUT2D eigenvalue weighted by Gasteiger charge is 2.20. The van der Waals surface area contributed by atoms with Crippen LogP contribution in [0.5, 0.6) is 0 Å². The molecule has 0 amide bonds. The number of hydrogen-bond donors (Lipinski definition) is 2. The van der Waals surface area contributed by atoms with Crippen LogP contribution in [0.2, 0.25) is 0 Å². The van der Waals surface area contributed by atoms with Crippen molar-refractivity contribution in [1.82, 2.24) is 0 Å². The second kappa shape index (κ2) is 5.55. The average molecular weight is 363 g/mol. The Balaban J connectivity index is 2.35. The smallest absolute Gasteiger partial charge is 0.295 e. The fraction of sp³-hybridized carbons (Fsp3) is 0.167. The van der Waals surface area contributed by atoms with Gasteiger partial charge in [0.1, 0.15) is 11.6 Å². The number of benzene rings is 1. The molecule has 108 valence electrons. The van der Waals surface area contributed by atoms with E-state index in [4.69, 9.17) is 10.2 Å². The number of nitrogens with one attached hydrogen (secondary N) is 1. The zero-order valence-corrected chi connectivity index (χ0v) is 12.9. The minimum Gasteiger partial charge on any atom is -0.446 e. The van der Waals surface area contributed by atoms with Crippen molar-refractivity contribution in [3.05, 3.63) is 45.9 Å². The number of furan rings is 1. The van der Waals surface area contributed by atoms with Gasteiger partial charge >= 0.3 is 0 Å². The third-order valence-corrected chi connectivity index (χ3v) is 4.46. The fourth-order valence-corrected chi connectivity index (χ4v) is 2.98. The van der Waals surface area contributed by atoms with Crippen molar-refractivity contribution < 1.29 is 17.2 Å². The second-order valence-corrected chi connectivity index (χ2v) is 6.58. The first-order chi connectivity index (χ1) is 9.33. The summed E-state index contributed by atoms with van der Waals surface area (Å²) in [6.45, 7) is 1.71. The molecule has 20 heavy (non-hydrogen) atoms. The Bertz CT molecular complexity index is 743. The van der Waals surface area contributed by atoms with E-state index in [1.165, 1.54) is 24.3 Å². The predicted molar refractivity (Wildman–Crippen MR) is 76.2 cm³/mol. The van der Waals surface area contributed by atoms with Crippen LogP contribution in [-0.2, 0) is 16.6 Å². The number of halogens is 2. The first-order valence-electron chi connectivity index (χ1n) is 5.60. The van der Waals surface area contributed by atoms with Gasteiger partial charge in [-0.25, -0.2) is 4.39 Å². The van der Waals surface area contributed by atoms with Crippen LogP contribution in [0.15, 0.2) is 38.2 Å². The van der Waals surface area contributed by atoms with Crippen LogP contribution in [0.3, 0.4) is 0 Å². The van der Waals surface area contributed by atoms with Gasteiger partial charge in [-0.3, -0.25) is 4.72 Å². The van der Waals surface area contributed by atoms with E-state index in [0.717, 1.165) is 0 Å². The lowest BCUT2D eigenvalue weighted by molar-refractivity contribution is 0.417. The Morgan fingerprint density at radius 1 is 1.40 bits per heavy atom.